The van der Waals surface area contributed by atoms with Crippen LogP contribution in [0.5, 0.6) is 0 Å². The number of hydrazine groups is 1. The van der Waals surface area contributed by atoms with Crippen molar-refractivity contribution in [3.8, 4) is 0 Å². The predicted octanol–water partition coefficient (Wildman–Crippen LogP) is 2.17. The molecule has 0 saturated heterocycles. The number of aryl methyl sites for hydroxylation is 3. The second-order valence-corrected chi connectivity index (χ2v) is 7.22. The number of nitrogens with two attached hydrogens (primary N) is 1. The lowest BCUT2D eigenvalue weighted by Gasteiger charge is -2.26. The molecule has 1 aliphatic rings. The number of hydrogen-bond acceptors (Lipinski definition) is 4. The summed E-state index contributed by atoms with van der Waals surface area (Å²) in [5.41, 5.74) is 3.18. The Bertz CT molecular complexity index is 1080. The highest BCUT2D eigenvalue weighted by Gasteiger charge is 2.33. The van der Waals surface area contributed by atoms with Crippen LogP contribution in [0.4, 0.5) is 5.69 Å². The van der Waals surface area contributed by atoms with Crippen molar-refractivity contribution in [2.75, 3.05) is 11.6 Å². The van der Waals surface area contributed by atoms with E-state index in [9.17, 15) is 9.59 Å². The second-order valence-electron chi connectivity index (χ2n) is 7.22. The molecule has 1 aromatic heterocycles. The lowest BCUT2D eigenvalue weighted by Crippen LogP contribution is -2.35. The van der Waals surface area contributed by atoms with Crippen molar-refractivity contribution in [3.05, 3.63) is 82.9 Å². The van der Waals surface area contributed by atoms with Crippen molar-refractivity contribution in [2.24, 2.45) is 12.9 Å². The van der Waals surface area contributed by atoms with Crippen LogP contribution < -0.4 is 15.4 Å². The molecule has 4 rings (SSSR count). The van der Waals surface area contributed by atoms with Gasteiger partial charge < -0.3 is 5.01 Å². The van der Waals surface area contributed by atoms with Crippen LogP contribution in [0.3, 0.4) is 0 Å². The highest BCUT2D eigenvalue weighted by Crippen LogP contribution is 2.35. The molecule has 0 atom stereocenters. The first kappa shape index (κ1) is 18.1. The molecule has 142 valence electrons. The zero-order valence-electron chi connectivity index (χ0n) is 16.1. The summed E-state index contributed by atoms with van der Waals surface area (Å²) in [6.07, 6.45) is 6.81. The fourth-order valence-corrected chi connectivity index (χ4v) is 3.78. The summed E-state index contributed by atoms with van der Waals surface area (Å²) in [6, 6.07) is 10.7. The van der Waals surface area contributed by atoms with Gasteiger partial charge in [-0.1, -0.05) is 30.3 Å². The van der Waals surface area contributed by atoms with Crippen LogP contribution in [0.15, 0.2) is 55.1 Å². The van der Waals surface area contributed by atoms with E-state index >= 15 is 0 Å². The van der Waals surface area contributed by atoms with Gasteiger partial charge in [0.15, 0.2) is 11.6 Å². The topological polar surface area (TPSA) is 72.2 Å². The van der Waals surface area contributed by atoms with E-state index in [2.05, 4.69) is 4.57 Å². The van der Waals surface area contributed by atoms with E-state index in [1.54, 1.807) is 29.3 Å². The highest BCUT2D eigenvalue weighted by atomic mass is 16.1. The number of rotatable bonds is 5. The number of carbonyl (C=O) groups excluding carboxylic acids is 2. The number of imidazole rings is 1. The average Bonchev–Trinajstić information content (AvgIpc) is 3.11. The Hall–Kier alpha value is -3.25. The van der Waals surface area contributed by atoms with Gasteiger partial charge in [0.05, 0.1) is 24.8 Å². The fraction of sp³-hybridized carbons (Fsp3) is 0.227. The van der Waals surface area contributed by atoms with Crippen LogP contribution >= 0.6 is 0 Å². The molecule has 28 heavy (non-hydrogen) atoms. The van der Waals surface area contributed by atoms with E-state index in [4.69, 9.17) is 5.84 Å². The number of aromatic nitrogens is 2. The monoisotopic (exact) mass is 375 g/mol. The molecule has 6 nitrogen and oxygen atoms in total. The lowest BCUT2D eigenvalue weighted by molar-refractivity contribution is -0.671. The van der Waals surface area contributed by atoms with Crippen molar-refractivity contribution in [1.82, 2.24) is 4.57 Å². The summed E-state index contributed by atoms with van der Waals surface area (Å²) in [5, 5.41) is 1.58. The number of ketones is 2. The number of anilines is 1. The summed E-state index contributed by atoms with van der Waals surface area (Å²) in [4.78, 5) is 26.2. The molecule has 2 aromatic carbocycles. The van der Waals surface area contributed by atoms with Gasteiger partial charge in [0, 0.05) is 29.7 Å². The second kappa shape index (κ2) is 7.05. The SMILES string of the molecule is Cc1ccc(N(N)CCCn2cc[n+](C)c2)c2c1C(=O)c1ccccc1C2=O. The largest absolute Gasteiger partial charge is 0.310 e. The Morgan fingerprint density at radius 1 is 1.04 bits per heavy atom. The maximum Gasteiger partial charge on any atom is 0.243 e. The van der Waals surface area contributed by atoms with Gasteiger partial charge in [-0.15, -0.1) is 0 Å². The van der Waals surface area contributed by atoms with Gasteiger partial charge in [-0.2, -0.15) is 0 Å². The van der Waals surface area contributed by atoms with Gasteiger partial charge in [0.25, 0.3) is 0 Å². The molecule has 3 aromatic rings. The van der Waals surface area contributed by atoms with Crippen molar-refractivity contribution >= 4 is 17.3 Å². The van der Waals surface area contributed by atoms with Crippen LogP contribution in [0, 0.1) is 6.92 Å². The molecule has 0 amide bonds. The van der Waals surface area contributed by atoms with E-state index in [1.807, 2.05) is 49.4 Å². The summed E-state index contributed by atoms with van der Waals surface area (Å²) < 4.78 is 4.07. The lowest BCUT2D eigenvalue weighted by atomic mass is 9.81. The molecule has 1 aliphatic carbocycles. The van der Waals surface area contributed by atoms with Crippen LogP contribution in [0.25, 0.3) is 0 Å². The van der Waals surface area contributed by atoms with Crippen LogP contribution in [-0.4, -0.2) is 22.7 Å². The molecule has 1 heterocycles. The van der Waals surface area contributed by atoms with Gasteiger partial charge in [-0.05, 0) is 18.6 Å². The van der Waals surface area contributed by atoms with E-state index in [1.165, 1.54) is 0 Å². The van der Waals surface area contributed by atoms with Crippen molar-refractivity contribution in [2.45, 2.75) is 19.9 Å². The molecule has 0 aliphatic heterocycles. The Morgan fingerprint density at radius 3 is 2.36 bits per heavy atom. The third-order valence-corrected chi connectivity index (χ3v) is 5.21. The normalized spacial score (nSPS) is 12.7. The van der Waals surface area contributed by atoms with Gasteiger partial charge in [-0.25, -0.2) is 15.0 Å². The van der Waals surface area contributed by atoms with Crippen molar-refractivity contribution < 1.29 is 14.2 Å². The molecule has 0 fully saturated rings. The Labute approximate surface area is 163 Å². The van der Waals surface area contributed by atoms with Crippen molar-refractivity contribution in [1.29, 1.82) is 0 Å². The minimum Gasteiger partial charge on any atom is -0.310 e. The molecular formula is C22H23N4O2+. The van der Waals surface area contributed by atoms with E-state index in [-0.39, 0.29) is 11.6 Å². The summed E-state index contributed by atoms with van der Waals surface area (Å²) in [7, 11) is 1.98. The zero-order valence-corrected chi connectivity index (χ0v) is 16.1. The van der Waals surface area contributed by atoms with Gasteiger partial charge in [0.2, 0.25) is 6.33 Å². The Balaban J connectivity index is 1.64. The first-order valence-electron chi connectivity index (χ1n) is 9.32. The van der Waals surface area contributed by atoms with Crippen LogP contribution in [-0.2, 0) is 13.6 Å². The molecule has 0 bridgehead atoms. The van der Waals surface area contributed by atoms with Gasteiger partial charge in [0.1, 0.15) is 12.4 Å². The molecule has 0 saturated carbocycles. The summed E-state index contributed by atoms with van der Waals surface area (Å²) in [6.45, 7) is 3.24. The number of fused-ring (bicyclic) bond motifs is 2. The fourth-order valence-electron chi connectivity index (χ4n) is 3.78. The van der Waals surface area contributed by atoms with Crippen molar-refractivity contribution in [3.63, 3.8) is 0 Å². The smallest absolute Gasteiger partial charge is 0.243 e. The first-order chi connectivity index (χ1) is 13.5. The molecular weight excluding hydrogens is 352 g/mol. The molecule has 0 radical (unpaired) electrons. The maximum absolute atomic E-state index is 13.2. The van der Waals surface area contributed by atoms with Crippen LogP contribution in [0.1, 0.15) is 43.8 Å². The predicted molar refractivity (Wildman–Crippen MR) is 106 cm³/mol. The van der Waals surface area contributed by atoms with Gasteiger partial charge in [-0.3, -0.25) is 9.59 Å². The summed E-state index contributed by atoms with van der Waals surface area (Å²) in [5.74, 6) is 6.07. The quantitative estimate of drug-likeness (QED) is 0.330. The van der Waals surface area contributed by atoms with E-state index < -0.39 is 0 Å². The molecule has 2 N–H and O–H groups in total. The van der Waals surface area contributed by atoms with Crippen LogP contribution in [0.2, 0.25) is 0 Å². The minimum absolute atomic E-state index is 0.113. The number of benzene rings is 2. The maximum atomic E-state index is 13.2. The highest BCUT2D eigenvalue weighted by molar-refractivity contribution is 6.30. The molecule has 0 unspecified atom stereocenters. The average molecular weight is 375 g/mol. The van der Waals surface area contributed by atoms with Gasteiger partial charge >= 0.3 is 0 Å². The Morgan fingerprint density at radius 2 is 1.71 bits per heavy atom. The van der Waals surface area contributed by atoms with E-state index in [0.717, 1.165) is 18.5 Å². The zero-order chi connectivity index (χ0) is 19.8. The number of carbonyl (C=O) groups is 2. The third-order valence-electron chi connectivity index (χ3n) is 5.21. The minimum atomic E-state index is -0.142. The number of hydrogen-bond donors (Lipinski definition) is 1. The number of nitrogens with zero attached hydrogens (tertiary/aromatic N) is 3. The Kier molecular flexibility index (Phi) is 4.57. The molecule has 6 heteroatoms. The third kappa shape index (κ3) is 3.01. The first-order valence-corrected chi connectivity index (χ1v) is 9.32. The standard InChI is InChI=1S/C22H23N4O2/c1-15-8-9-18(26(23)11-5-10-25-13-12-24(2)14-25)20-19(15)21(27)16-6-3-4-7-17(16)22(20)28/h3-4,6-9,12-14H,5,10-11,23H2,1-2H3/q+1. The summed E-state index contributed by atoms with van der Waals surface area (Å²) >= 11 is 0. The van der Waals surface area contributed by atoms with E-state index in [0.29, 0.717) is 34.5 Å². The molecule has 0 spiro atoms.